The molecule has 1 aromatic carbocycles. The number of aromatic amines is 1. The number of nitrogens with one attached hydrogen (secondary N) is 2. The molecule has 4 heterocycles. The summed E-state index contributed by atoms with van der Waals surface area (Å²) in [5.74, 6) is -3.84. The Labute approximate surface area is 234 Å². The maximum Gasteiger partial charge on any atom is 0.272 e. The normalized spacial score (nSPS) is 12.2. The van der Waals surface area contributed by atoms with Crippen molar-refractivity contribution in [3.63, 3.8) is 0 Å². The first-order valence-electron chi connectivity index (χ1n) is 12.5. The van der Waals surface area contributed by atoms with Crippen molar-refractivity contribution in [2.45, 2.75) is 25.2 Å². The van der Waals surface area contributed by atoms with Gasteiger partial charge in [-0.3, -0.25) is 9.78 Å². The average molecular weight is 586 g/mol. The van der Waals surface area contributed by atoms with Crippen molar-refractivity contribution in [3.8, 4) is 28.3 Å². The van der Waals surface area contributed by atoms with Gasteiger partial charge in [0.25, 0.3) is 6.43 Å². The highest BCUT2D eigenvalue weighted by atomic mass is 19.3. The minimum absolute atomic E-state index is 0.00202. The predicted molar refractivity (Wildman–Crippen MR) is 142 cm³/mol. The number of anilines is 1. The van der Waals surface area contributed by atoms with Crippen molar-refractivity contribution < 1.29 is 35.9 Å². The van der Waals surface area contributed by atoms with E-state index in [1.165, 1.54) is 30.6 Å². The molecule has 1 amide bonds. The number of ether oxygens (including phenoxy) is 1. The third kappa shape index (κ3) is 6.35. The molecule has 1 atom stereocenters. The summed E-state index contributed by atoms with van der Waals surface area (Å²) in [5, 5.41) is 2.53. The number of nitrogens with zero attached hydrogens (tertiary/aromatic N) is 3. The van der Waals surface area contributed by atoms with Gasteiger partial charge in [0.1, 0.15) is 35.0 Å². The first kappa shape index (κ1) is 28.6. The first-order valence-corrected chi connectivity index (χ1v) is 12.5. The van der Waals surface area contributed by atoms with Gasteiger partial charge < -0.3 is 15.0 Å². The topological polar surface area (TPSA) is 92.8 Å². The van der Waals surface area contributed by atoms with E-state index in [2.05, 4.69) is 25.3 Å². The maximum atomic E-state index is 14.5. The molecule has 0 aliphatic carbocycles. The molecule has 0 saturated carbocycles. The molecule has 0 radical (unpaired) electrons. The summed E-state index contributed by atoms with van der Waals surface area (Å²) in [7, 11) is 0. The number of pyridine rings is 3. The third-order valence-electron chi connectivity index (χ3n) is 6.28. The van der Waals surface area contributed by atoms with Gasteiger partial charge >= 0.3 is 0 Å². The standard InChI is InChI=1S/C29H21F6N5O2/c30-17-6-4-15(5-7-17)18(12-21(31)32)29(41)39-24-11-16(8-10-37-24)26-25(19-3-1-2-9-36-19)28-27(40-26)20(13-23(35)38-28)42-14-22(33)34/h1-11,13,18,21-22,40H,12,14H2,(H,37,39,41)/t18-/m0/s1. The number of alkyl halides is 4. The Morgan fingerprint density at radius 1 is 0.929 bits per heavy atom. The number of amides is 1. The summed E-state index contributed by atoms with van der Waals surface area (Å²) in [6, 6.07) is 13.5. The minimum Gasteiger partial charge on any atom is -0.485 e. The number of benzene rings is 1. The van der Waals surface area contributed by atoms with Gasteiger partial charge in [0, 0.05) is 30.4 Å². The fourth-order valence-electron chi connectivity index (χ4n) is 4.48. The van der Waals surface area contributed by atoms with Crippen LogP contribution in [0.15, 0.2) is 73.1 Å². The molecule has 0 saturated heterocycles. The lowest BCUT2D eigenvalue weighted by Crippen LogP contribution is -2.23. The minimum atomic E-state index is -2.81. The lowest BCUT2D eigenvalue weighted by molar-refractivity contribution is -0.118. The molecule has 0 fully saturated rings. The highest BCUT2D eigenvalue weighted by molar-refractivity contribution is 6.03. The second kappa shape index (κ2) is 12.3. The second-order valence-corrected chi connectivity index (χ2v) is 9.11. The van der Waals surface area contributed by atoms with Crippen LogP contribution in [0.4, 0.5) is 32.2 Å². The van der Waals surface area contributed by atoms with E-state index in [1.807, 2.05) is 0 Å². The number of rotatable bonds is 10. The van der Waals surface area contributed by atoms with E-state index in [9.17, 15) is 31.1 Å². The molecule has 13 heteroatoms. The Kier molecular flexibility index (Phi) is 8.36. The van der Waals surface area contributed by atoms with Crippen LogP contribution < -0.4 is 10.1 Å². The van der Waals surface area contributed by atoms with Crippen LogP contribution in [0, 0.1) is 11.8 Å². The van der Waals surface area contributed by atoms with E-state index in [0.29, 0.717) is 22.5 Å². The zero-order valence-electron chi connectivity index (χ0n) is 21.5. The van der Waals surface area contributed by atoms with Crippen LogP contribution in [0.3, 0.4) is 0 Å². The molecule has 0 bridgehead atoms. The van der Waals surface area contributed by atoms with Gasteiger partial charge in [-0.25, -0.2) is 31.9 Å². The predicted octanol–water partition coefficient (Wildman–Crippen LogP) is 6.99. The van der Waals surface area contributed by atoms with Crippen molar-refractivity contribution in [1.29, 1.82) is 0 Å². The first-order chi connectivity index (χ1) is 20.2. The number of carbonyl (C=O) groups excluding carboxylic acids is 1. The SMILES string of the molecule is O=C(Nc1cc(-c2[nH]c3c(OCC(F)F)cc(F)nc3c2-c2ccccn2)ccn1)[C@@H](CC(F)F)c1ccc(F)cc1. The van der Waals surface area contributed by atoms with E-state index in [1.54, 1.807) is 24.3 Å². The molecule has 0 aliphatic heterocycles. The lowest BCUT2D eigenvalue weighted by Gasteiger charge is -2.17. The highest BCUT2D eigenvalue weighted by Gasteiger charge is 2.26. The molecule has 2 N–H and O–H groups in total. The van der Waals surface area contributed by atoms with Crippen LogP contribution in [0.2, 0.25) is 0 Å². The second-order valence-electron chi connectivity index (χ2n) is 9.11. The Morgan fingerprint density at radius 3 is 2.40 bits per heavy atom. The highest BCUT2D eigenvalue weighted by Crippen LogP contribution is 2.40. The summed E-state index contributed by atoms with van der Waals surface area (Å²) in [4.78, 5) is 28.5. The van der Waals surface area contributed by atoms with Crippen LogP contribution in [0.5, 0.6) is 5.75 Å². The Hall–Kier alpha value is -4.94. The van der Waals surface area contributed by atoms with E-state index >= 15 is 0 Å². The van der Waals surface area contributed by atoms with Gasteiger partial charge in [-0.1, -0.05) is 18.2 Å². The van der Waals surface area contributed by atoms with E-state index in [-0.39, 0.29) is 28.2 Å². The number of hydrogen-bond acceptors (Lipinski definition) is 5. The Morgan fingerprint density at radius 2 is 1.71 bits per heavy atom. The fraction of sp³-hybridized carbons (Fsp3) is 0.172. The Balaban J connectivity index is 1.56. The van der Waals surface area contributed by atoms with Gasteiger partial charge in [0.15, 0.2) is 0 Å². The third-order valence-corrected chi connectivity index (χ3v) is 6.28. The van der Waals surface area contributed by atoms with Crippen molar-refractivity contribution in [3.05, 3.63) is 90.4 Å². The van der Waals surface area contributed by atoms with Gasteiger partial charge in [0.05, 0.1) is 22.9 Å². The number of hydrogen-bond donors (Lipinski definition) is 2. The summed E-state index contributed by atoms with van der Waals surface area (Å²) >= 11 is 0. The van der Waals surface area contributed by atoms with Gasteiger partial charge in [-0.05, 0) is 42.0 Å². The molecule has 42 heavy (non-hydrogen) atoms. The number of fused-ring (bicyclic) bond motifs is 1. The van der Waals surface area contributed by atoms with Crippen molar-refractivity contribution in [2.24, 2.45) is 0 Å². The number of halogens is 6. The van der Waals surface area contributed by atoms with Gasteiger partial charge in [0.2, 0.25) is 18.3 Å². The molecule has 0 aliphatic rings. The zero-order chi connectivity index (χ0) is 29.8. The molecule has 5 aromatic rings. The molecule has 0 unspecified atom stereocenters. The molecular weight excluding hydrogens is 564 g/mol. The van der Waals surface area contributed by atoms with Gasteiger partial charge in [-0.15, -0.1) is 0 Å². The van der Waals surface area contributed by atoms with Crippen LogP contribution in [-0.4, -0.2) is 45.3 Å². The molecule has 0 spiro atoms. The summed E-state index contributed by atoms with van der Waals surface area (Å²) in [5.41, 5.74) is 1.79. The number of aromatic nitrogens is 4. The summed E-state index contributed by atoms with van der Waals surface area (Å²) in [6.45, 7) is -0.981. The van der Waals surface area contributed by atoms with E-state index in [4.69, 9.17) is 4.74 Å². The summed E-state index contributed by atoms with van der Waals surface area (Å²) in [6.07, 6.45) is -3.58. The number of carbonyl (C=O) groups is 1. The van der Waals surface area contributed by atoms with Crippen molar-refractivity contribution >= 4 is 22.8 Å². The lowest BCUT2D eigenvalue weighted by atomic mass is 9.95. The molecule has 4 aromatic heterocycles. The molecule has 216 valence electrons. The van der Waals surface area contributed by atoms with E-state index < -0.39 is 49.5 Å². The van der Waals surface area contributed by atoms with Crippen LogP contribution in [0.25, 0.3) is 33.5 Å². The van der Waals surface area contributed by atoms with Crippen molar-refractivity contribution in [2.75, 3.05) is 11.9 Å². The van der Waals surface area contributed by atoms with Crippen LogP contribution in [-0.2, 0) is 4.79 Å². The summed E-state index contributed by atoms with van der Waals surface area (Å²) < 4.78 is 85.5. The Bertz CT molecular complexity index is 1700. The smallest absolute Gasteiger partial charge is 0.272 e. The molecular formula is C29H21F6N5O2. The zero-order valence-corrected chi connectivity index (χ0v) is 21.5. The quantitative estimate of drug-likeness (QED) is 0.136. The average Bonchev–Trinajstić information content (AvgIpc) is 3.35. The van der Waals surface area contributed by atoms with Crippen LogP contribution >= 0.6 is 0 Å². The van der Waals surface area contributed by atoms with Gasteiger partial charge in [-0.2, -0.15) is 4.39 Å². The van der Waals surface area contributed by atoms with Crippen LogP contribution in [0.1, 0.15) is 17.9 Å². The fourth-order valence-corrected chi connectivity index (χ4v) is 4.48. The van der Waals surface area contributed by atoms with E-state index in [0.717, 1.165) is 18.2 Å². The number of H-pyrrole nitrogens is 1. The maximum absolute atomic E-state index is 14.5. The largest absolute Gasteiger partial charge is 0.485 e. The monoisotopic (exact) mass is 585 g/mol. The molecule has 5 rings (SSSR count). The van der Waals surface area contributed by atoms with Crippen molar-refractivity contribution in [1.82, 2.24) is 19.9 Å². The molecule has 7 nitrogen and oxygen atoms in total.